The number of rotatable bonds is 2. The van der Waals surface area contributed by atoms with Gasteiger partial charge in [0.1, 0.15) is 0 Å². The Balaban J connectivity index is 2.24. The van der Waals surface area contributed by atoms with Gasteiger partial charge in [-0.1, -0.05) is 11.6 Å². The maximum Gasteiger partial charge on any atom is 0.257 e. The largest absolute Gasteiger partial charge is 0.398 e. The van der Waals surface area contributed by atoms with Crippen LogP contribution in [0.25, 0.3) is 0 Å². The van der Waals surface area contributed by atoms with Gasteiger partial charge in [-0.15, -0.1) is 0 Å². The molecule has 1 aromatic heterocycles. The third-order valence-electron chi connectivity index (χ3n) is 2.39. The summed E-state index contributed by atoms with van der Waals surface area (Å²) in [4.78, 5) is 16.0. The van der Waals surface area contributed by atoms with Crippen LogP contribution in [0, 0.1) is 6.92 Å². The highest BCUT2D eigenvalue weighted by Gasteiger charge is 2.10. The quantitative estimate of drug-likeness (QED) is 0.817. The van der Waals surface area contributed by atoms with Crippen LogP contribution in [0.4, 0.5) is 11.4 Å². The summed E-state index contributed by atoms with van der Waals surface area (Å²) in [5.74, 6) is -0.303. The minimum absolute atomic E-state index is 0.303. The summed E-state index contributed by atoms with van der Waals surface area (Å²) in [5.41, 5.74) is 8.07. The van der Waals surface area contributed by atoms with Gasteiger partial charge in [0.05, 0.1) is 17.4 Å². The van der Waals surface area contributed by atoms with Crippen molar-refractivity contribution in [3.8, 4) is 0 Å². The second kappa shape index (κ2) is 5.06. The highest BCUT2D eigenvalue weighted by atomic mass is 35.5. The average Bonchev–Trinajstić information content (AvgIpc) is 2.32. The van der Waals surface area contributed by atoms with Gasteiger partial charge in [-0.2, -0.15) is 0 Å². The van der Waals surface area contributed by atoms with Crippen molar-refractivity contribution in [1.82, 2.24) is 4.98 Å². The summed E-state index contributed by atoms with van der Waals surface area (Å²) in [7, 11) is 0. The SMILES string of the molecule is Cc1cncc(NC(=O)c2cc(Cl)ccc2N)c1. The van der Waals surface area contributed by atoms with Crippen LogP contribution in [-0.2, 0) is 0 Å². The lowest BCUT2D eigenvalue weighted by Crippen LogP contribution is -2.14. The predicted molar refractivity (Wildman–Crippen MR) is 72.8 cm³/mol. The van der Waals surface area contributed by atoms with Crippen LogP contribution in [0.3, 0.4) is 0 Å². The first-order chi connectivity index (χ1) is 8.56. The molecule has 2 aromatic rings. The molecule has 0 spiro atoms. The molecule has 0 unspecified atom stereocenters. The van der Waals surface area contributed by atoms with Crippen LogP contribution < -0.4 is 11.1 Å². The third kappa shape index (κ3) is 2.78. The number of nitrogens with zero attached hydrogens (tertiary/aromatic N) is 1. The minimum Gasteiger partial charge on any atom is -0.398 e. The number of aromatic nitrogens is 1. The fourth-order valence-electron chi connectivity index (χ4n) is 1.55. The monoisotopic (exact) mass is 261 g/mol. The third-order valence-corrected chi connectivity index (χ3v) is 2.63. The van der Waals surface area contributed by atoms with E-state index in [4.69, 9.17) is 17.3 Å². The van der Waals surface area contributed by atoms with Gasteiger partial charge >= 0.3 is 0 Å². The average molecular weight is 262 g/mol. The Morgan fingerprint density at radius 3 is 2.83 bits per heavy atom. The van der Waals surface area contributed by atoms with Crippen LogP contribution in [0.5, 0.6) is 0 Å². The first-order valence-electron chi connectivity index (χ1n) is 5.34. The summed E-state index contributed by atoms with van der Waals surface area (Å²) in [6.07, 6.45) is 3.29. The molecule has 0 aliphatic rings. The molecule has 0 bridgehead atoms. The molecule has 4 nitrogen and oxygen atoms in total. The van der Waals surface area contributed by atoms with E-state index < -0.39 is 0 Å². The lowest BCUT2D eigenvalue weighted by Gasteiger charge is -2.08. The van der Waals surface area contributed by atoms with Crippen molar-refractivity contribution in [1.29, 1.82) is 0 Å². The summed E-state index contributed by atoms with van der Waals surface area (Å²) in [6, 6.07) is 6.61. The molecule has 0 aliphatic carbocycles. The van der Waals surface area contributed by atoms with Crippen molar-refractivity contribution in [2.45, 2.75) is 6.92 Å². The Bertz CT molecular complexity index is 599. The van der Waals surface area contributed by atoms with E-state index in [9.17, 15) is 4.79 Å². The molecule has 92 valence electrons. The number of anilines is 2. The number of aryl methyl sites for hydroxylation is 1. The van der Waals surface area contributed by atoms with Gasteiger partial charge < -0.3 is 11.1 Å². The molecule has 0 saturated carbocycles. The van der Waals surface area contributed by atoms with Gasteiger partial charge in [0, 0.05) is 16.9 Å². The standard InChI is InChI=1S/C13H12ClN3O/c1-8-4-10(7-16-6-8)17-13(18)11-5-9(14)2-3-12(11)15/h2-7H,15H2,1H3,(H,17,18). The van der Waals surface area contributed by atoms with E-state index in [-0.39, 0.29) is 5.91 Å². The van der Waals surface area contributed by atoms with E-state index in [1.807, 2.05) is 13.0 Å². The lowest BCUT2D eigenvalue weighted by molar-refractivity contribution is 0.102. The number of pyridine rings is 1. The Morgan fingerprint density at radius 1 is 1.33 bits per heavy atom. The number of benzene rings is 1. The molecule has 0 fully saturated rings. The number of carbonyl (C=O) groups excluding carboxylic acids is 1. The van der Waals surface area contributed by atoms with Crippen molar-refractivity contribution < 1.29 is 4.79 Å². The van der Waals surface area contributed by atoms with Crippen molar-refractivity contribution in [2.24, 2.45) is 0 Å². The zero-order valence-corrected chi connectivity index (χ0v) is 10.5. The van der Waals surface area contributed by atoms with E-state index in [2.05, 4.69) is 10.3 Å². The zero-order valence-electron chi connectivity index (χ0n) is 9.77. The molecule has 1 aromatic carbocycles. The smallest absolute Gasteiger partial charge is 0.257 e. The van der Waals surface area contributed by atoms with Gasteiger partial charge in [-0.25, -0.2) is 0 Å². The molecule has 0 saturated heterocycles. The minimum atomic E-state index is -0.303. The first kappa shape index (κ1) is 12.4. The second-order valence-corrected chi connectivity index (χ2v) is 4.37. The van der Waals surface area contributed by atoms with Crippen molar-refractivity contribution in [3.63, 3.8) is 0 Å². The van der Waals surface area contributed by atoms with E-state index in [1.54, 1.807) is 24.5 Å². The molecule has 1 heterocycles. The topological polar surface area (TPSA) is 68.0 Å². The molecule has 3 N–H and O–H groups in total. The second-order valence-electron chi connectivity index (χ2n) is 3.94. The number of hydrogen-bond donors (Lipinski definition) is 2. The number of nitrogen functional groups attached to an aromatic ring is 1. The number of nitrogens with two attached hydrogens (primary N) is 1. The van der Waals surface area contributed by atoms with Gasteiger partial charge in [0.15, 0.2) is 0 Å². The molecule has 5 heteroatoms. The van der Waals surface area contributed by atoms with Crippen molar-refractivity contribution in [2.75, 3.05) is 11.1 Å². The summed E-state index contributed by atoms with van der Waals surface area (Å²) >= 11 is 5.84. The van der Waals surface area contributed by atoms with Gasteiger partial charge in [0.25, 0.3) is 5.91 Å². The van der Waals surface area contributed by atoms with Crippen LogP contribution in [0.15, 0.2) is 36.7 Å². The first-order valence-corrected chi connectivity index (χ1v) is 5.72. The molecule has 18 heavy (non-hydrogen) atoms. The molecule has 2 rings (SSSR count). The van der Waals surface area contributed by atoms with E-state index >= 15 is 0 Å². The number of amides is 1. The fourth-order valence-corrected chi connectivity index (χ4v) is 1.72. The molecular formula is C13H12ClN3O. The van der Waals surface area contributed by atoms with E-state index in [0.29, 0.717) is 22.0 Å². The van der Waals surface area contributed by atoms with Crippen LogP contribution >= 0.6 is 11.6 Å². The van der Waals surface area contributed by atoms with Gasteiger partial charge in [0.2, 0.25) is 0 Å². The van der Waals surface area contributed by atoms with Crippen molar-refractivity contribution >= 4 is 28.9 Å². The fraction of sp³-hybridized carbons (Fsp3) is 0.0769. The van der Waals surface area contributed by atoms with E-state index in [0.717, 1.165) is 5.56 Å². The maximum absolute atomic E-state index is 12.0. The number of hydrogen-bond acceptors (Lipinski definition) is 3. The molecule has 0 atom stereocenters. The highest BCUT2D eigenvalue weighted by Crippen LogP contribution is 2.19. The number of halogens is 1. The zero-order chi connectivity index (χ0) is 13.1. The lowest BCUT2D eigenvalue weighted by atomic mass is 10.1. The molecular weight excluding hydrogens is 250 g/mol. The van der Waals surface area contributed by atoms with Crippen LogP contribution in [-0.4, -0.2) is 10.9 Å². The number of nitrogens with one attached hydrogen (secondary N) is 1. The Morgan fingerprint density at radius 2 is 2.11 bits per heavy atom. The highest BCUT2D eigenvalue weighted by molar-refractivity contribution is 6.31. The van der Waals surface area contributed by atoms with Gasteiger partial charge in [-0.05, 0) is 36.8 Å². The van der Waals surface area contributed by atoms with E-state index in [1.165, 1.54) is 6.07 Å². The summed E-state index contributed by atoms with van der Waals surface area (Å²) in [6.45, 7) is 1.90. The number of carbonyl (C=O) groups is 1. The maximum atomic E-state index is 12.0. The normalized spacial score (nSPS) is 10.1. The van der Waals surface area contributed by atoms with Gasteiger partial charge in [-0.3, -0.25) is 9.78 Å². The predicted octanol–water partition coefficient (Wildman–Crippen LogP) is 2.88. The molecule has 0 aliphatic heterocycles. The van der Waals surface area contributed by atoms with Crippen LogP contribution in [0.2, 0.25) is 5.02 Å². The summed E-state index contributed by atoms with van der Waals surface area (Å²) < 4.78 is 0. The Hall–Kier alpha value is -2.07. The van der Waals surface area contributed by atoms with Crippen LogP contribution in [0.1, 0.15) is 15.9 Å². The molecule has 0 radical (unpaired) electrons. The Kier molecular flexibility index (Phi) is 3.48. The Labute approximate surface area is 110 Å². The van der Waals surface area contributed by atoms with Crippen molar-refractivity contribution in [3.05, 3.63) is 52.8 Å². The summed E-state index contributed by atoms with van der Waals surface area (Å²) in [5, 5.41) is 3.20. The molecule has 1 amide bonds.